The molecule has 16 heavy (non-hydrogen) atoms. The van der Waals surface area contributed by atoms with E-state index in [0.717, 1.165) is 5.69 Å². The van der Waals surface area contributed by atoms with Crippen molar-refractivity contribution in [1.82, 2.24) is 4.98 Å². The number of thiazole rings is 1. The molecule has 0 radical (unpaired) electrons. The smallest absolute Gasteiger partial charge is 0.260 e. The number of carbonyl (C=O) groups excluding carboxylic acids is 1. The normalized spacial score (nSPS) is 10.7. The largest absolute Gasteiger partial charge is 0.472 e. The van der Waals surface area contributed by atoms with Crippen molar-refractivity contribution in [1.29, 1.82) is 0 Å². The van der Waals surface area contributed by atoms with Crippen molar-refractivity contribution in [2.45, 2.75) is 19.8 Å². The highest BCUT2D eigenvalue weighted by Gasteiger charge is 2.10. The van der Waals surface area contributed by atoms with E-state index in [4.69, 9.17) is 4.42 Å². The Morgan fingerprint density at radius 2 is 2.38 bits per heavy atom. The second-order valence-electron chi connectivity index (χ2n) is 3.70. The third-order valence-corrected chi connectivity index (χ3v) is 2.89. The standard InChI is InChI=1S/C11H12N2O2S/c1-7(2)9-6-16-11(12-9)13-10(14)8-3-4-15-5-8/h3-7H,1-2H3,(H,12,13,14). The number of rotatable bonds is 3. The van der Waals surface area contributed by atoms with Gasteiger partial charge >= 0.3 is 0 Å². The van der Waals surface area contributed by atoms with Gasteiger partial charge in [-0.3, -0.25) is 10.1 Å². The van der Waals surface area contributed by atoms with Gasteiger partial charge in [0, 0.05) is 5.38 Å². The lowest BCUT2D eigenvalue weighted by Gasteiger charge is -1.99. The molecule has 2 aromatic heterocycles. The first kappa shape index (κ1) is 10.9. The van der Waals surface area contributed by atoms with E-state index in [1.54, 1.807) is 6.07 Å². The molecule has 0 aromatic carbocycles. The molecule has 0 fully saturated rings. The van der Waals surface area contributed by atoms with Crippen molar-refractivity contribution in [3.63, 3.8) is 0 Å². The zero-order valence-electron chi connectivity index (χ0n) is 9.06. The van der Waals surface area contributed by atoms with Crippen LogP contribution >= 0.6 is 11.3 Å². The van der Waals surface area contributed by atoms with Crippen LogP contribution in [0.15, 0.2) is 28.4 Å². The summed E-state index contributed by atoms with van der Waals surface area (Å²) in [7, 11) is 0. The number of furan rings is 1. The van der Waals surface area contributed by atoms with Crippen LogP contribution in [0.3, 0.4) is 0 Å². The number of aromatic nitrogens is 1. The lowest BCUT2D eigenvalue weighted by atomic mass is 10.2. The fourth-order valence-corrected chi connectivity index (χ4v) is 2.04. The van der Waals surface area contributed by atoms with E-state index in [1.807, 2.05) is 5.38 Å². The predicted octanol–water partition coefficient (Wildman–Crippen LogP) is 3.11. The highest BCUT2D eigenvalue weighted by Crippen LogP contribution is 2.21. The average molecular weight is 236 g/mol. The fourth-order valence-electron chi connectivity index (χ4n) is 1.17. The van der Waals surface area contributed by atoms with E-state index in [0.29, 0.717) is 16.6 Å². The van der Waals surface area contributed by atoms with Crippen molar-refractivity contribution in [3.05, 3.63) is 35.2 Å². The van der Waals surface area contributed by atoms with Gasteiger partial charge < -0.3 is 4.42 Å². The maximum atomic E-state index is 11.6. The summed E-state index contributed by atoms with van der Waals surface area (Å²) in [6.45, 7) is 4.13. The summed E-state index contributed by atoms with van der Waals surface area (Å²) in [5, 5.41) is 5.30. The van der Waals surface area contributed by atoms with Crippen LogP contribution in [-0.4, -0.2) is 10.9 Å². The Morgan fingerprint density at radius 1 is 1.56 bits per heavy atom. The Kier molecular flexibility index (Phi) is 3.05. The lowest BCUT2D eigenvalue weighted by molar-refractivity contribution is 0.102. The van der Waals surface area contributed by atoms with Gasteiger partial charge in [0.1, 0.15) is 6.26 Å². The lowest BCUT2D eigenvalue weighted by Crippen LogP contribution is -2.10. The summed E-state index contributed by atoms with van der Waals surface area (Å²) in [5.74, 6) is 0.175. The first-order valence-corrected chi connectivity index (χ1v) is 5.83. The summed E-state index contributed by atoms with van der Waals surface area (Å²) in [4.78, 5) is 16.0. The highest BCUT2D eigenvalue weighted by atomic mass is 32.1. The Hall–Kier alpha value is -1.62. The zero-order chi connectivity index (χ0) is 11.5. The second kappa shape index (κ2) is 4.49. The highest BCUT2D eigenvalue weighted by molar-refractivity contribution is 7.14. The predicted molar refractivity (Wildman–Crippen MR) is 62.9 cm³/mol. The molecule has 4 nitrogen and oxygen atoms in total. The third kappa shape index (κ3) is 2.30. The van der Waals surface area contributed by atoms with Crippen LogP contribution in [0.25, 0.3) is 0 Å². The molecule has 0 unspecified atom stereocenters. The number of anilines is 1. The molecule has 0 aliphatic heterocycles. The Labute approximate surface area is 97.3 Å². The number of carbonyl (C=O) groups is 1. The molecule has 0 saturated heterocycles. The molecule has 0 saturated carbocycles. The van der Waals surface area contributed by atoms with E-state index in [9.17, 15) is 4.79 Å². The summed E-state index contributed by atoms with van der Waals surface area (Å²) in [5.41, 5.74) is 1.49. The number of hydrogen-bond donors (Lipinski definition) is 1. The van der Waals surface area contributed by atoms with Gasteiger partial charge in [0.15, 0.2) is 5.13 Å². The number of nitrogens with one attached hydrogen (secondary N) is 1. The number of amides is 1. The van der Waals surface area contributed by atoms with Gasteiger partial charge in [0.25, 0.3) is 5.91 Å². The molecule has 0 spiro atoms. The van der Waals surface area contributed by atoms with Crippen molar-refractivity contribution in [3.8, 4) is 0 Å². The average Bonchev–Trinajstić information content (AvgIpc) is 2.87. The quantitative estimate of drug-likeness (QED) is 0.890. The van der Waals surface area contributed by atoms with Crippen molar-refractivity contribution in [2.24, 2.45) is 0 Å². The third-order valence-electron chi connectivity index (χ3n) is 2.12. The minimum atomic E-state index is -0.196. The molecule has 1 N–H and O–H groups in total. The summed E-state index contributed by atoms with van der Waals surface area (Å²) < 4.78 is 4.84. The minimum Gasteiger partial charge on any atom is -0.472 e. The molecule has 84 valence electrons. The first-order chi connectivity index (χ1) is 7.66. The summed E-state index contributed by atoms with van der Waals surface area (Å²) in [6, 6.07) is 1.62. The maximum Gasteiger partial charge on any atom is 0.260 e. The molecule has 2 rings (SSSR count). The Bertz CT molecular complexity index is 474. The SMILES string of the molecule is CC(C)c1csc(NC(=O)c2ccoc2)n1. The molecule has 5 heteroatoms. The first-order valence-electron chi connectivity index (χ1n) is 4.96. The van der Waals surface area contributed by atoms with Crippen molar-refractivity contribution in [2.75, 3.05) is 5.32 Å². The van der Waals surface area contributed by atoms with E-state index >= 15 is 0 Å². The van der Waals surface area contributed by atoms with Gasteiger partial charge in [-0.25, -0.2) is 4.98 Å². The van der Waals surface area contributed by atoms with Crippen LogP contribution < -0.4 is 5.32 Å². The van der Waals surface area contributed by atoms with Crippen LogP contribution in [0.5, 0.6) is 0 Å². The van der Waals surface area contributed by atoms with E-state index in [1.165, 1.54) is 23.9 Å². The molecule has 0 aliphatic carbocycles. The van der Waals surface area contributed by atoms with Gasteiger partial charge in [0.2, 0.25) is 0 Å². The minimum absolute atomic E-state index is 0.196. The van der Waals surface area contributed by atoms with Gasteiger partial charge in [-0.2, -0.15) is 0 Å². The van der Waals surface area contributed by atoms with Gasteiger partial charge in [0.05, 0.1) is 17.5 Å². The van der Waals surface area contributed by atoms with E-state index in [-0.39, 0.29) is 5.91 Å². The monoisotopic (exact) mass is 236 g/mol. The molecule has 0 bridgehead atoms. The second-order valence-corrected chi connectivity index (χ2v) is 4.56. The van der Waals surface area contributed by atoms with E-state index in [2.05, 4.69) is 24.1 Å². The number of hydrogen-bond acceptors (Lipinski definition) is 4. The molecule has 2 aromatic rings. The van der Waals surface area contributed by atoms with Crippen LogP contribution in [0.1, 0.15) is 35.8 Å². The van der Waals surface area contributed by atoms with E-state index < -0.39 is 0 Å². The summed E-state index contributed by atoms with van der Waals surface area (Å²) in [6.07, 6.45) is 2.88. The fraction of sp³-hybridized carbons (Fsp3) is 0.273. The molecular formula is C11H12N2O2S. The molecule has 0 atom stereocenters. The molecule has 1 amide bonds. The maximum absolute atomic E-state index is 11.6. The summed E-state index contributed by atoms with van der Waals surface area (Å²) >= 11 is 1.43. The van der Waals surface area contributed by atoms with Gasteiger partial charge in [-0.05, 0) is 12.0 Å². The molecular weight excluding hydrogens is 224 g/mol. The van der Waals surface area contributed by atoms with Crippen molar-refractivity contribution < 1.29 is 9.21 Å². The zero-order valence-corrected chi connectivity index (χ0v) is 9.88. The topological polar surface area (TPSA) is 55.1 Å². The van der Waals surface area contributed by atoms with Crippen molar-refractivity contribution >= 4 is 22.4 Å². The van der Waals surface area contributed by atoms with Crippen LogP contribution in [0.4, 0.5) is 5.13 Å². The Morgan fingerprint density at radius 3 is 2.94 bits per heavy atom. The van der Waals surface area contributed by atoms with Gasteiger partial charge in [-0.1, -0.05) is 13.8 Å². The van der Waals surface area contributed by atoms with Crippen LogP contribution in [-0.2, 0) is 0 Å². The Balaban J connectivity index is 2.07. The van der Waals surface area contributed by atoms with Crippen LogP contribution in [0.2, 0.25) is 0 Å². The van der Waals surface area contributed by atoms with Crippen LogP contribution in [0, 0.1) is 0 Å². The molecule has 0 aliphatic rings. The van der Waals surface area contributed by atoms with Gasteiger partial charge in [-0.15, -0.1) is 11.3 Å². The number of nitrogens with zero attached hydrogens (tertiary/aromatic N) is 1. The molecule has 2 heterocycles.